The van der Waals surface area contributed by atoms with Gasteiger partial charge in [-0.1, -0.05) is 140 Å². The first-order valence-electron chi connectivity index (χ1n) is 18.0. The van der Waals surface area contributed by atoms with Crippen molar-refractivity contribution in [1.82, 2.24) is 15.0 Å². The Morgan fingerprint density at radius 2 is 1.02 bits per heavy atom. The van der Waals surface area contributed by atoms with Gasteiger partial charge in [0.2, 0.25) is 0 Å². The highest BCUT2D eigenvalue weighted by atomic mass is 32.1. The van der Waals surface area contributed by atoms with E-state index in [1.165, 1.54) is 36.5 Å². The van der Waals surface area contributed by atoms with Crippen LogP contribution in [0.25, 0.3) is 109 Å². The minimum atomic E-state index is 0.600. The van der Waals surface area contributed by atoms with Crippen molar-refractivity contribution in [1.29, 1.82) is 0 Å². The lowest BCUT2D eigenvalue weighted by Crippen LogP contribution is -2.00. The van der Waals surface area contributed by atoms with Crippen LogP contribution in [0, 0.1) is 0 Å². The largest absolute Gasteiger partial charge is 0.456 e. The summed E-state index contributed by atoms with van der Waals surface area (Å²) in [4.78, 5) is 15.7. The van der Waals surface area contributed by atoms with Crippen molar-refractivity contribution in [2.45, 2.75) is 0 Å². The number of fused-ring (bicyclic) bond motifs is 7. The normalized spacial score (nSPS) is 11.7. The molecule has 0 atom stereocenters. The standard InChI is InChI=1S/C49H29N3OS/c1-2-12-32(13-3-1)40-28-36(29-44-46(40)38-16-7-9-20-43(38)54-44)48-50-47(33-24-21-31(22-25-33)35-26-23-30-11-4-5-14-34(30)27-35)51-49(52-48)39-17-10-19-42-45(39)37-15-6-8-18-41(37)53-42/h1-29H. The summed E-state index contributed by atoms with van der Waals surface area (Å²) in [7, 11) is 0. The lowest BCUT2D eigenvalue weighted by molar-refractivity contribution is 0.669. The fourth-order valence-electron chi connectivity index (χ4n) is 7.73. The molecular formula is C49H29N3OS. The van der Waals surface area contributed by atoms with E-state index in [1.54, 1.807) is 11.3 Å². The van der Waals surface area contributed by atoms with E-state index in [1.807, 2.05) is 30.3 Å². The van der Waals surface area contributed by atoms with Gasteiger partial charge in [0.1, 0.15) is 11.2 Å². The van der Waals surface area contributed by atoms with Crippen LogP contribution >= 0.6 is 11.3 Å². The van der Waals surface area contributed by atoms with Gasteiger partial charge in [-0.2, -0.15) is 0 Å². The SMILES string of the molecule is c1ccc(-c2cc(-c3nc(-c4ccc(-c5ccc6ccccc6c5)cc4)nc(-c4cccc5oc6ccccc6c45)n3)cc3sc4ccccc4c23)cc1. The molecule has 0 saturated heterocycles. The van der Waals surface area contributed by atoms with Crippen LogP contribution in [0.3, 0.4) is 0 Å². The molecule has 11 aromatic rings. The number of aromatic nitrogens is 3. The van der Waals surface area contributed by atoms with Gasteiger partial charge in [-0.3, -0.25) is 0 Å². The van der Waals surface area contributed by atoms with E-state index in [9.17, 15) is 0 Å². The van der Waals surface area contributed by atoms with Gasteiger partial charge < -0.3 is 4.42 Å². The highest BCUT2D eigenvalue weighted by molar-refractivity contribution is 7.26. The van der Waals surface area contributed by atoms with E-state index in [4.69, 9.17) is 19.4 Å². The number of hydrogen-bond donors (Lipinski definition) is 0. The van der Waals surface area contributed by atoms with Gasteiger partial charge in [-0.25, -0.2) is 15.0 Å². The molecule has 4 nitrogen and oxygen atoms in total. The molecule has 11 rings (SSSR count). The van der Waals surface area contributed by atoms with Crippen LogP contribution < -0.4 is 0 Å². The van der Waals surface area contributed by atoms with Crippen molar-refractivity contribution in [2.24, 2.45) is 0 Å². The second-order valence-electron chi connectivity index (χ2n) is 13.6. The smallest absolute Gasteiger partial charge is 0.164 e. The van der Waals surface area contributed by atoms with Crippen LogP contribution in [0.1, 0.15) is 0 Å². The molecule has 3 heterocycles. The minimum Gasteiger partial charge on any atom is -0.456 e. The van der Waals surface area contributed by atoms with Gasteiger partial charge in [0.05, 0.1) is 0 Å². The maximum atomic E-state index is 6.30. The molecule has 0 aliphatic heterocycles. The highest BCUT2D eigenvalue weighted by Crippen LogP contribution is 2.43. The van der Waals surface area contributed by atoms with E-state index in [-0.39, 0.29) is 0 Å². The summed E-state index contributed by atoms with van der Waals surface area (Å²) in [5.74, 6) is 1.83. The highest BCUT2D eigenvalue weighted by Gasteiger charge is 2.20. The molecule has 8 aromatic carbocycles. The Hall–Kier alpha value is -6.95. The zero-order chi connectivity index (χ0) is 35.6. The Bertz CT molecular complexity index is 3220. The van der Waals surface area contributed by atoms with Crippen molar-refractivity contribution in [2.75, 3.05) is 0 Å². The Kier molecular flexibility index (Phi) is 7.00. The lowest BCUT2D eigenvalue weighted by Gasteiger charge is -2.12. The zero-order valence-corrected chi connectivity index (χ0v) is 29.7. The van der Waals surface area contributed by atoms with Gasteiger partial charge in [-0.05, 0) is 69.4 Å². The average Bonchev–Trinajstić information content (AvgIpc) is 3.82. The minimum absolute atomic E-state index is 0.600. The molecule has 0 unspecified atom stereocenters. The number of hydrogen-bond acceptors (Lipinski definition) is 5. The molecule has 0 bridgehead atoms. The molecule has 0 saturated carbocycles. The molecular weight excluding hydrogens is 679 g/mol. The molecule has 252 valence electrons. The van der Waals surface area contributed by atoms with Gasteiger partial charge in [-0.15, -0.1) is 11.3 Å². The second kappa shape index (κ2) is 12.3. The Labute approximate surface area is 314 Å². The molecule has 3 aromatic heterocycles. The van der Waals surface area contributed by atoms with Crippen molar-refractivity contribution in [3.05, 3.63) is 176 Å². The fraction of sp³-hybridized carbons (Fsp3) is 0. The molecule has 0 aliphatic carbocycles. The molecule has 0 spiro atoms. The van der Waals surface area contributed by atoms with Crippen molar-refractivity contribution in [3.63, 3.8) is 0 Å². The topological polar surface area (TPSA) is 51.8 Å². The fourth-order valence-corrected chi connectivity index (χ4v) is 8.90. The summed E-state index contributed by atoms with van der Waals surface area (Å²) in [6.45, 7) is 0. The first-order chi connectivity index (χ1) is 26.7. The van der Waals surface area contributed by atoms with Crippen LogP contribution in [0.4, 0.5) is 0 Å². The first kappa shape index (κ1) is 30.7. The van der Waals surface area contributed by atoms with E-state index in [2.05, 4.69) is 146 Å². The van der Waals surface area contributed by atoms with Gasteiger partial charge in [0, 0.05) is 47.6 Å². The van der Waals surface area contributed by atoms with Crippen LogP contribution in [-0.4, -0.2) is 15.0 Å². The quantitative estimate of drug-likeness (QED) is 0.179. The maximum Gasteiger partial charge on any atom is 0.164 e. The number of nitrogens with zero attached hydrogens (tertiary/aromatic N) is 3. The third kappa shape index (κ3) is 5.09. The maximum absolute atomic E-state index is 6.30. The summed E-state index contributed by atoms with van der Waals surface area (Å²) < 4.78 is 8.75. The van der Waals surface area contributed by atoms with Gasteiger partial charge >= 0.3 is 0 Å². The van der Waals surface area contributed by atoms with Crippen molar-refractivity contribution < 1.29 is 4.42 Å². The summed E-state index contributed by atoms with van der Waals surface area (Å²) in [6.07, 6.45) is 0. The molecule has 0 fully saturated rings. The Balaban J connectivity index is 1.13. The van der Waals surface area contributed by atoms with E-state index >= 15 is 0 Å². The molecule has 54 heavy (non-hydrogen) atoms. The average molecular weight is 708 g/mol. The number of para-hydroxylation sites is 1. The van der Waals surface area contributed by atoms with E-state index in [0.717, 1.165) is 55.3 Å². The van der Waals surface area contributed by atoms with Crippen LogP contribution in [0.15, 0.2) is 180 Å². The number of furan rings is 1. The van der Waals surface area contributed by atoms with Crippen molar-refractivity contribution >= 4 is 64.2 Å². The Morgan fingerprint density at radius 1 is 0.352 bits per heavy atom. The molecule has 0 aliphatic rings. The zero-order valence-electron chi connectivity index (χ0n) is 28.9. The second-order valence-corrected chi connectivity index (χ2v) is 14.7. The van der Waals surface area contributed by atoms with E-state index < -0.39 is 0 Å². The lowest BCUT2D eigenvalue weighted by atomic mass is 9.97. The third-order valence-corrected chi connectivity index (χ3v) is 11.4. The number of benzene rings is 8. The predicted octanol–water partition coefficient (Wildman–Crippen LogP) is 13.6. The van der Waals surface area contributed by atoms with Crippen molar-refractivity contribution in [3.8, 4) is 56.4 Å². The number of thiophene rings is 1. The predicted molar refractivity (Wildman–Crippen MR) is 225 cm³/mol. The summed E-state index contributed by atoms with van der Waals surface area (Å²) >= 11 is 1.80. The molecule has 0 N–H and O–H groups in total. The van der Waals surface area contributed by atoms with E-state index in [0.29, 0.717) is 17.5 Å². The summed E-state index contributed by atoms with van der Waals surface area (Å²) in [5, 5.41) is 6.98. The Morgan fingerprint density at radius 3 is 1.89 bits per heavy atom. The molecule has 5 heteroatoms. The third-order valence-electron chi connectivity index (χ3n) is 10.3. The summed E-state index contributed by atoms with van der Waals surface area (Å²) in [5.41, 5.74) is 9.01. The molecule has 0 radical (unpaired) electrons. The first-order valence-corrected chi connectivity index (χ1v) is 18.8. The van der Waals surface area contributed by atoms with Crippen LogP contribution in [0.5, 0.6) is 0 Å². The van der Waals surface area contributed by atoms with Crippen LogP contribution in [0.2, 0.25) is 0 Å². The van der Waals surface area contributed by atoms with Crippen LogP contribution in [-0.2, 0) is 0 Å². The van der Waals surface area contributed by atoms with Gasteiger partial charge in [0.15, 0.2) is 17.5 Å². The molecule has 0 amide bonds. The van der Waals surface area contributed by atoms with Gasteiger partial charge in [0.25, 0.3) is 0 Å². The number of rotatable bonds is 5. The summed E-state index contributed by atoms with van der Waals surface area (Å²) in [6, 6.07) is 61.6. The monoisotopic (exact) mass is 707 g/mol.